The summed E-state index contributed by atoms with van der Waals surface area (Å²) in [6, 6.07) is 21.0. The topological polar surface area (TPSA) is 9.23 Å². The molecule has 1 nitrogen and oxygen atoms in total. The molecule has 0 radical (unpaired) electrons. The van der Waals surface area contributed by atoms with Gasteiger partial charge in [-0.15, -0.1) is 0 Å². The largest absolute Gasteiger partial charge is 0.379 e. The first-order valence-electron chi connectivity index (χ1n) is 11.8. The Morgan fingerprint density at radius 3 is 2.06 bits per heavy atom. The van der Waals surface area contributed by atoms with Crippen molar-refractivity contribution in [3.8, 4) is 11.1 Å². The molecule has 3 aromatic carbocycles. The second-order valence-corrected chi connectivity index (χ2v) is 8.99. The zero-order valence-electron chi connectivity index (χ0n) is 19.0. The standard InChI is InChI=1S/C29H32F2O/c1-3-32-26-15-13-23(14-16-26)22-9-11-24(12-10-22)25-18-28(30)27(29(31)19-25)17-20(2)21-7-5-4-6-8-21/h4-12,18-20,23,26H,3,13-17H2,1-2H3/t20-,23?,26?/m0/s1. The Kier molecular flexibility index (Phi) is 7.36. The minimum Gasteiger partial charge on any atom is -0.379 e. The van der Waals surface area contributed by atoms with Gasteiger partial charge in [0.15, 0.2) is 0 Å². The maximum absolute atomic E-state index is 14.9. The molecular formula is C29H32F2O. The average molecular weight is 435 g/mol. The van der Waals surface area contributed by atoms with Crippen LogP contribution in [-0.4, -0.2) is 12.7 Å². The van der Waals surface area contributed by atoms with Crippen LogP contribution in [0.15, 0.2) is 66.7 Å². The normalized spacial score (nSPS) is 19.6. The number of ether oxygens (including phenoxy) is 1. The summed E-state index contributed by atoms with van der Waals surface area (Å²) in [5, 5.41) is 0. The highest BCUT2D eigenvalue weighted by atomic mass is 19.1. The lowest BCUT2D eigenvalue weighted by Crippen LogP contribution is -2.20. The minimum atomic E-state index is -0.471. The summed E-state index contributed by atoms with van der Waals surface area (Å²) in [6.07, 6.45) is 5.18. The predicted molar refractivity (Wildman–Crippen MR) is 127 cm³/mol. The van der Waals surface area contributed by atoms with Gasteiger partial charge in [-0.05, 0) is 85.3 Å². The first-order chi connectivity index (χ1) is 15.5. The maximum Gasteiger partial charge on any atom is 0.129 e. The van der Waals surface area contributed by atoms with Crippen molar-refractivity contribution in [1.82, 2.24) is 0 Å². The van der Waals surface area contributed by atoms with E-state index in [9.17, 15) is 8.78 Å². The van der Waals surface area contributed by atoms with E-state index in [1.807, 2.05) is 56.3 Å². The molecule has 4 rings (SSSR count). The van der Waals surface area contributed by atoms with Crippen molar-refractivity contribution in [3.05, 3.63) is 95.1 Å². The molecule has 1 aliphatic rings. The van der Waals surface area contributed by atoms with E-state index in [-0.39, 0.29) is 11.5 Å². The Morgan fingerprint density at radius 2 is 1.47 bits per heavy atom. The second kappa shape index (κ2) is 10.4. The summed E-state index contributed by atoms with van der Waals surface area (Å²) in [5.41, 5.74) is 3.98. The first kappa shape index (κ1) is 22.7. The molecule has 0 aliphatic heterocycles. The number of rotatable bonds is 7. The van der Waals surface area contributed by atoms with Crippen LogP contribution in [0.25, 0.3) is 11.1 Å². The van der Waals surface area contributed by atoms with Crippen molar-refractivity contribution in [2.24, 2.45) is 0 Å². The van der Waals surface area contributed by atoms with Crippen LogP contribution in [0.4, 0.5) is 8.78 Å². The van der Waals surface area contributed by atoms with E-state index in [1.165, 1.54) is 17.7 Å². The Hall–Kier alpha value is -2.52. The predicted octanol–water partition coefficient (Wildman–Crippen LogP) is 8.04. The molecule has 0 aromatic heterocycles. The molecule has 0 N–H and O–H groups in total. The van der Waals surface area contributed by atoms with Crippen molar-refractivity contribution in [2.45, 2.75) is 63.9 Å². The van der Waals surface area contributed by atoms with Gasteiger partial charge in [0.2, 0.25) is 0 Å². The number of hydrogen-bond donors (Lipinski definition) is 0. The van der Waals surface area contributed by atoms with Gasteiger partial charge in [-0.1, -0.05) is 61.5 Å². The highest BCUT2D eigenvalue weighted by Crippen LogP contribution is 2.35. The van der Waals surface area contributed by atoms with Gasteiger partial charge < -0.3 is 4.74 Å². The zero-order valence-corrected chi connectivity index (χ0v) is 19.0. The third-order valence-corrected chi connectivity index (χ3v) is 6.81. The molecule has 1 atom stereocenters. The quantitative estimate of drug-likeness (QED) is 0.366. The van der Waals surface area contributed by atoms with Crippen LogP contribution in [0.5, 0.6) is 0 Å². The lowest BCUT2D eigenvalue weighted by atomic mass is 9.82. The molecule has 3 aromatic rings. The zero-order chi connectivity index (χ0) is 22.5. The highest BCUT2D eigenvalue weighted by Gasteiger charge is 2.22. The third-order valence-electron chi connectivity index (χ3n) is 6.81. The van der Waals surface area contributed by atoms with Gasteiger partial charge in [-0.25, -0.2) is 8.78 Å². The van der Waals surface area contributed by atoms with Gasteiger partial charge in [0.05, 0.1) is 6.10 Å². The smallest absolute Gasteiger partial charge is 0.129 e. The molecule has 0 saturated heterocycles. The summed E-state index contributed by atoms with van der Waals surface area (Å²) in [7, 11) is 0. The molecular weight excluding hydrogens is 402 g/mol. The van der Waals surface area contributed by atoms with Crippen LogP contribution in [0.1, 0.15) is 68.1 Å². The Morgan fingerprint density at radius 1 is 0.844 bits per heavy atom. The molecule has 0 heterocycles. The van der Waals surface area contributed by atoms with E-state index in [1.54, 1.807) is 0 Å². The first-order valence-corrected chi connectivity index (χ1v) is 11.8. The number of hydrogen-bond acceptors (Lipinski definition) is 1. The molecule has 3 heteroatoms. The molecule has 0 bridgehead atoms. The van der Waals surface area contributed by atoms with Gasteiger partial charge in [0.1, 0.15) is 11.6 Å². The molecule has 1 saturated carbocycles. The van der Waals surface area contributed by atoms with E-state index in [2.05, 4.69) is 12.1 Å². The van der Waals surface area contributed by atoms with Crippen molar-refractivity contribution < 1.29 is 13.5 Å². The van der Waals surface area contributed by atoms with Crippen LogP contribution < -0.4 is 0 Å². The molecule has 0 unspecified atom stereocenters. The lowest BCUT2D eigenvalue weighted by Gasteiger charge is -2.28. The van der Waals surface area contributed by atoms with Gasteiger partial charge in [0, 0.05) is 12.2 Å². The van der Waals surface area contributed by atoms with Gasteiger partial charge in [-0.2, -0.15) is 0 Å². The van der Waals surface area contributed by atoms with Gasteiger partial charge in [-0.3, -0.25) is 0 Å². The SMILES string of the molecule is CCOC1CCC(c2ccc(-c3cc(F)c(C[C@H](C)c4ccccc4)c(F)c3)cc2)CC1. The van der Waals surface area contributed by atoms with Crippen LogP contribution >= 0.6 is 0 Å². The van der Waals surface area contributed by atoms with Gasteiger partial charge >= 0.3 is 0 Å². The molecule has 0 amide bonds. The average Bonchev–Trinajstić information content (AvgIpc) is 2.82. The van der Waals surface area contributed by atoms with E-state index in [0.717, 1.165) is 43.4 Å². The fraction of sp³-hybridized carbons (Fsp3) is 0.379. The van der Waals surface area contributed by atoms with E-state index >= 15 is 0 Å². The Bertz CT molecular complexity index is 982. The monoisotopic (exact) mass is 434 g/mol. The summed E-state index contributed by atoms with van der Waals surface area (Å²) in [4.78, 5) is 0. The van der Waals surface area contributed by atoms with Crippen molar-refractivity contribution >= 4 is 0 Å². The second-order valence-electron chi connectivity index (χ2n) is 8.99. The van der Waals surface area contributed by atoms with Crippen LogP contribution in [-0.2, 0) is 11.2 Å². The molecule has 1 aliphatic carbocycles. The minimum absolute atomic E-state index is 0.0446. The highest BCUT2D eigenvalue weighted by molar-refractivity contribution is 5.64. The van der Waals surface area contributed by atoms with Crippen molar-refractivity contribution in [3.63, 3.8) is 0 Å². The Labute approximate surface area is 190 Å². The molecule has 32 heavy (non-hydrogen) atoms. The fourth-order valence-corrected chi connectivity index (χ4v) is 4.92. The third kappa shape index (κ3) is 5.27. The van der Waals surface area contributed by atoms with Crippen molar-refractivity contribution in [2.75, 3.05) is 6.61 Å². The van der Waals surface area contributed by atoms with Gasteiger partial charge in [0.25, 0.3) is 0 Å². The molecule has 168 valence electrons. The van der Waals surface area contributed by atoms with E-state index < -0.39 is 11.6 Å². The van der Waals surface area contributed by atoms with Crippen LogP contribution in [0, 0.1) is 11.6 Å². The summed E-state index contributed by atoms with van der Waals surface area (Å²) in [6.45, 7) is 4.83. The summed E-state index contributed by atoms with van der Waals surface area (Å²) in [5.74, 6) is -0.360. The Balaban J connectivity index is 1.46. The van der Waals surface area contributed by atoms with E-state index in [4.69, 9.17) is 4.74 Å². The van der Waals surface area contributed by atoms with Crippen LogP contribution in [0.3, 0.4) is 0 Å². The van der Waals surface area contributed by atoms with Crippen LogP contribution in [0.2, 0.25) is 0 Å². The molecule has 1 fully saturated rings. The summed E-state index contributed by atoms with van der Waals surface area (Å²) < 4.78 is 35.5. The lowest BCUT2D eigenvalue weighted by molar-refractivity contribution is 0.0328. The number of benzene rings is 3. The van der Waals surface area contributed by atoms with Crippen molar-refractivity contribution in [1.29, 1.82) is 0 Å². The summed E-state index contributed by atoms with van der Waals surface area (Å²) >= 11 is 0. The number of halogens is 2. The van der Waals surface area contributed by atoms with E-state index in [0.29, 0.717) is 24.0 Å². The maximum atomic E-state index is 14.9. The molecule has 0 spiro atoms. The fourth-order valence-electron chi connectivity index (χ4n) is 4.92.